The van der Waals surface area contributed by atoms with Gasteiger partial charge in [0, 0.05) is 33.2 Å². The molecule has 5 heteroatoms. The zero-order chi connectivity index (χ0) is 29.7. The fourth-order valence-corrected chi connectivity index (χ4v) is 6.31. The van der Waals surface area contributed by atoms with E-state index in [1.54, 1.807) is 0 Å². The zero-order valence-corrected chi connectivity index (χ0v) is 24.2. The predicted octanol–water partition coefficient (Wildman–Crippen LogP) is 9.74. The van der Waals surface area contributed by atoms with Crippen LogP contribution in [0, 0.1) is 0 Å². The van der Waals surface area contributed by atoms with Crippen molar-refractivity contribution in [1.29, 1.82) is 0 Å². The van der Waals surface area contributed by atoms with Crippen LogP contribution in [0.15, 0.2) is 150 Å². The summed E-state index contributed by atoms with van der Waals surface area (Å²) in [6.45, 7) is 0. The molecule has 7 aromatic rings. The number of fused-ring (bicyclic) bond motifs is 5. The Bertz CT molecular complexity index is 2350. The number of aromatic nitrogens is 3. The van der Waals surface area contributed by atoms with Crippen LogP contribution in [-0.4, -0.2) is 21.0 Å². The molecular formula is C40H26N4O. The predicted molar refractivity (Wildman–Crippen MR) is 183 cm³/mol. The molecule has 0 fully saturated rings. The number of benzene rings is 5. The summed E-state index contributed by atoms with van der Waals surface area (Å²) in [5, 5.41) is 6.90. The van der Waals surface area contributed by atoms with Crippen molar-refractivity contribution in [3.05, 3.63) is 151 Å². The van der Waals surface area contributed by atoms with Gasteiger partial charge in [-0.2, -0.15) is 0 Å². The Labute approximate surface area is 260 Å². The summed E-state index contributed by atoms with van der Waals surface area (Å²) in [5.41, 5.74) is 7.84. The summed E-state index contributed by atoms with van der Waals surface area (Å²) in [7, 11) is 0. The monoisotopic (exact) mass is 578 g/mol. The lowest BCUT2D eigenvalue weighted by molar-refractivity contribution is 0.623. The van der Waals surface area contributed by atoms with Gasteiger partial charge in [0.25, 0.3) is 0 Å². The number of anilines is 1. The average molecular weight is 579 g/mol. The van der Waals surface area contributed by atoms with Gasteiger partial charge in [0.1, 0.15) is 5.58 Å². The highest BCUT2D eigenvalue weighted by Crippen LogP contribution is 2.45. The van der Waals surface area contributed by atoms with E-state index in [-0.39, 0.29) is 6.04 Å². The van der Waals surface area contributed by atoms with Gasteiger partial charge < -0.3 is 9.73 Å². The first-order valence-corrected chi connectivity index (χ1v) is 15.1. The third-order valence-corrected chi connectivity index (χ3v) is 8.54. The summed E-state index contributed by atoms with van der Waals surface area (Å²) < 4.78 is 6.68. The van der Waals surface area contributed by atoms with Crippen LogP contribution < -0.4 is 5.32 Å². The van der Waals surface area contributed by atoms with E-state index < -0.39 is 0 Å². The van der Waals surface area contributed by atoms with Crippen molar-refractivity contribution in [2.45, 2.75) is 6.04 Å². The van der Waals surface area contributed by atoms with Crippen molar-refractivity contribution >= 4 is 33.7 Å². The molecule has 5 nitrogen and oxygen atoms in total. The van der Waals surface area contributed by atoms with Crippen LogP contribution in [0.2, 0.25) is 0 Å². The summed E-state index contributed by atoms with van der Waals surface area (Å²) >= 11 is 0. The Kier molecular flexibility index (Phi) is 5.81. The molecule has 2 aliphatic rings. The lowest BCUT2D eigenvalue weighted by Crippen LogP contribution is -2.22. The molecule has 0 radical (unpaired) electrons. The Morgan fingerprint density at radius 3 is 2.09 bits per heavy atom. The van der Waals surface area contributed by atoms with E-state index in [2.05, 4.69) is 115 Å². The summed E-state index contributed by atoms with van der Waals surface area (Å²) in [6, 6.07) is 39.4. The first-order valence-electron chi connectivity index (χ1n) is 15.1. The summed E-state index contributed by atoms with van der Waals surface area (Å²) in [4.78, 5) is 15.2. The van der Waals surface area contributed by atoms with Crippen LogP contribution in [0.3, 0.4) is 0 Å². The number of hydrogen-bond donors (Lipinski definition) is 1. The molecule has 212 valence electrons. The molecule has 0 bridgehead atoms. The largest absolute Gasteiger partial charge is 0.439 e. The molecule has 45 heavy (non-hydrogen) atoms. The van der Waals surface area contributed by atoms with E-state index in [1.165, 1.54) is 11.0 Å². The van der Waals surface area contributed by atoms with Gasteiger partial charge in [-0.05, 0) is 46.2 Å². The van der Waals surface area contributed by atoms with Crippen LogP contribution >= 0.6 is 0 Å². The number of hydrogen-bond acceptors (Lipinski definition) is 5. The Balaban J connectivity index is 1.32. The second-order valence-electron chi connectivity index (χ2n) is 11.3. The van der Waals surface area contributed by atoms with E-state index in [4.69, 9.17) is 19.4 Å². The number of rotatable bonds is 4. The molecule has 5 aromatic carbocycles. The van der Waals surface area contributed by atoms with E-state index in [0.29, 0.717) is 17.5 Å². The maximum Gasteiger partial charge on any atom is 0.202 e. The SMILES string of the molecule is C1=CC2=Cc3c(oc4c(-c5ccccc5)ccc(-c5nc(-c6ccccc6)nc(-c6ccc7ccccc7c6)n5)c34)NC2C=C1. The number of allylic oxidation sites excluding steroid dienone is 2. The second-order valence-corrected chi connectivity index (χ2v) is 11.3. The highest BCUT2D eigenvalue weighted by molar-refractivity contribution is 6.09. The molecule has 0 saturated heterocycles. The van der Waals surface area contributed by atoms with Gasteiger partial charge in [0.15, 0.2) is 17.5 Å². The normalized spacial score (nSPS) is 15.0. The molecule has 1 unspecified atom stereocenters. The fraction of sp³-hybridized carbons (Fsp3) is 0.0250. The van der Waals surface area contributed by atoms with E-state index >= 15 is 0 Å². The smallest absolute Gasteiger partial charge is 0.202 e. The van der Waals surface area contributed by atoms with Gasteiger partial charge in [0.05, 0.1) is 6.04 Å². The molecule has 3 heterocycles. The molecule has 9 rings (SSSR count). The van der Waals surface area contributed by atoms with E-state index in [0.717, 1.165) is 55.6 Å². The second kappa shape index (κ2) is 10.3. The van der Waals surface area contributed by atoms with Crippen LogP contribution in [0.4, 0.5) is 5.88 Å². The molecule has 1 N–H and O–H groups in total. The first-order chi connectivity index (χ1) is 22.3. The van der Waals surface area contributed by atoms with Crippen molar-refractivity contribution in [3.8, 4) is 45.3 Å². The van der Waals surface area contributed by atoms with Gasteiger partial charge in [-0.25, -0.2) is 15.0 Å². The van der Waals surface area contributed by atoms with E-state index in [9.17, 15) is 0 Å². The van der Waals surface area contributed by atoms with Crippen molar-refractivity contribution in [1.82, 2.24) is 15.0 Å². The maximum atomic E-state index is 6.68. The topological polar surface area (TPSA) is 63.8 Å². The maximum absolute atomic E-state index is 6.68. The van der Waals surface area contributed by atoms with Gasteiger partial charge in [-0.1, -0.05) is 121 Å². The van der Waals surface area contributed by atoms with Crippen molar-refractivity contribution in [2.75, 3.05) is 5.32 Å². The van der Waals surface area contributed by atoms with Crippen molar-refractivity contribution < 1.29 is 4.42 Å². The lowest BCUT2D eigenvalue weighted by Gasteiger charge is -2.22. The van der Waals surface area contributed by atoms with Gasteiger partial charge in [-0.15, -0.1) is 0 Å². The minimum absolute atomic E-state index is 0.0630. The Morgan fingerprint density at radius 2 is 1.27 bits per heavy atom. The Morgan fingerprint density at radius 1 is 0.578 bits per heavy atom. The molecule has 0 saturated carbocycles. The molecule has 1 aliphatic heterocycles. The highest BCUT2D eigenvalue weighted by Gasteiger charge is 2.28. The highest BCUT2D eigenvalue weighted by atomic mass is 16.4. The zero-order valence-electron chi connectivity index (χ0n) is 24.2. The third kappa shape index (κ3) is 4.36. The van der Waals surface area contributed by atoms with Crippen LogP contribution in [0.5, 0.6) is 0 Å². The third-order valence-electron chi connectivity index (χ3n) is 8.54. The molecule has 1 aliphatic carbocycles. The Hall–Kier alpha value is -6.07. The molecule has 1 atom stereocenters. The number of nitrogens with zero attached hydrogens (tertiary/aromatic N) is 3. The number of furan rings is 1. The average Bonchev–Trinajstić information content (AvgIpc) is 3.49. The van der Waals surface area contributed by atoms with Gasteiger partial charge >= 0.3 is 0 Å². The lowest BCUT2D eigenvalue weighted by atomic mass is 9.92. The molecule has 0 amide bonds. The standard InChI is InChI=1S/C40H26N4O/c1-3-12-26(13-4-1)31-21-22-32(35-33-24-29-17-9-10-18-34(29)41-40(33)45-36(31)35)39-43-37(27-14-5-2-6-15-27)42-38(44-39)30-20-19-25-11-7-8-16-28(25)23-30/h1-24,34,41H. The van der Waals surface area contributed by atoms with E-state index in [1.807, 2.05) is 36.4 Å². The summed E-state index contributed by atoms with van der Waals surface area (Å²) in [5.74, 6) is 2.59. The minimum Gasteiger partial charge on any atom is -0.439 e. The fourth-order valence-electron chi connectivity index (χ4n) is 6.31. The molecular weight excluding hydrogens is 552 g/mol. The summed E-state index contributed by atoms with van der Waals surface area (Å²) in [6.07, 6.45) is 10.7. The van der Waals surface area contributed by atoms with Crippen molar-refractivity contribution in [3.63, 3.8) is 0 Å². The minimum atomic E-state index is 0.0630. The van der Waals surface area contributed by atoms with Gasteiger partial charge in [-0.3, -0.25) is 0 Å². The van der Waals surface area contributed by atoms with Crippen molar-refractivity contribution in [2.24, 2.45) is 0 Å². The van der Waals surface area contributed by atoms with Gasteiger partial charge in [0.2, 0.25) is 5.88 Å². The van der Waals surface area contributed by atoms with Crippen LogP contribution in [0.25, 0.3) is 73.1 Å². The number of nitrogens with one attached hydrogen (secondary N) is 1. The van der Waals surface area contributed by atoms with Crippen LogP contribution in [-0.2, 0) is 0 Å². The quantitative estimate of drug-likeness (QED) is 0.225. The van der Waals surface area contributed by atoms with Crippen LogP contribution in [0.1, 0.15) is 5.56 Å². The molecule has 2 aromatic heterocycles. The molecule has 0 spiro atoms. The first kappa shape index (κ1) is 25.4.